The molecule has 1 aliphatic carbocycles. The number of aliphatic hydroxyl groups is 1. The van der Waals surface area contributed by atoms with E-state index in [0.29, 0.717) is 6.61 Å². The molecule has 0 spiro atoms. The van der Waals surface area contributed by atoms with Gasteiger partial charge in [-0.05, 0) is 30.5 Å². The third kappa shape index (κ3) is 1.98. The number of fused-ring (bicyclic) bond motifs is 2. The Balaban J connectivity index is 2.38. The monoisotopic (exact) mass is 288 g/mol. The maximum atomic E-state index is 10.3. The van der Waals surface area contributed by atoms with E-state index >= 15 is 0 Å². The molecule has 1 aromatic carbocycles. The first-order chi connectivity index (χ1) is 10.1. The minimum absolute atomic E-state index is 0.0948. The molecule has 0 saturated heterocycles. The zero-order valence-corrected chi connectivity index (χ0v) is 12.8. The van der Waals surface area contributed by atoms with Crippen LogP contribution in [0.5, 0.6) is 5.75 Å². The van der Waals surface area contributed by atoms with Crippen LogP contribution in [-0.4, -0.2) is 32.0 Å². The van der Waals surface area contributed by atoms with Crippen molar-refractivity contribution in [2.75, 3.05) is 20.8 Å². The van der Waals surface area contributed by atoms with E-state index in [2.05, 4.69) is 6.92 Å². The molecule has 0 fully saturated rings. The second-order valence-electron chi connectivity index (χ2n) is 5.52. The van der Waals surface area contributed by atoms with E-state index in [0.717, 1.165) is 39.0 Å². The smallest absolute Gasteiger partial charge is 0.176 e. The van der Waals surface area contributed by atoms with Gasteiger partial charge in [0.25, 0.3) is 0 Å². The van der Waals surface area contributed by atoms with Gasteiger partial charge in [-0.25, -0.2) is 0 Å². The van der Waals surface area contributed by atoms with Crippen LogP contribution in [0, 0.1) is 13.8 Å². The lowest BCUT2D eigenvalue weighted by molar-refractivity contribution is 0.110. The molecule has 1 N–H and O–H groups in total. The second-order valence-corrected chi connectivity index (χ2v) is 5.52. The summed E-state index contributed by atoms with van der Waals surface area (Å²) in [5.74, 6) is 0.630. The average molecular weight is 288 g/mol. The topological polar surface area (TPSA) is 51.8 Å². The fraction of sp³-hybridized carbons (Fsp3) is 0.412. The van der Waals surface area contributed by atoms with Gasteiger partial charge in [0.2, 0.25) is 0 Å². The highest BCUT2D eigenvalue weighted by atomic mass is 16.5. The Morgan fingerprint density at radius 2 is 2.05 bits per heavy atom. The zero-order chi connectivity index (χ0) is 15.1. The van der Waals surface area contributed by atoms with Crippen LogP contribution in [0.25, 0.3) is 17.0 Å². The molecule has 3 rings (SSSR count). The van der Waals surface area contributed by atoms with E-state index in [9.17, 15) is 5.11 Å². The van der Waals surface area contributed by atoms with Crippen molar-refractivity contribution in [2.45, 2.75) is 25.9 Å². The molecular weight excluding hydrogens is 268 g/mol. The summed E-state index contributed by atoms with van der Waals surface area (Å²) in [5, 5.41) is 11.4. The van der Waals surface area contributed by atoms with E-state index < -0.39 is 6.10 Å². The maximum absolute atomic E-state index is 10.3. The van der Waals surface area contributed by atoms with Crippen LogP contribution in [-0.2, 0) is 4.74 Å². The van der Waals surface area contributed by atoms with Gasteiger partial charge in [0.1, 0.15) is 0 Å². The highest BCUT2D eigenvalue weighted by Crippen LogP contribution is 2.44. The molecule has 2 atom stereocenters. The van der Waals surface area contributed by atoms with Crippen LogP contribution in [0.2, 0.25) is 0 Å². The van der Waals surface area contributed by atoms with Crippen LogP contribution in [0.15, 0.2) is 16.8 Å². The first kappa shape index (κ1) is 14.2. The van der Waals surface area contributed by atoms with Gasteiger partial charge in [0, 0.05) is 24.0 Å². The van der Waals surface area contributed by atoms with Crippen molar-refractivity contribution in [3.8, 4) is 5.75 Å². The van der Waals surface area contributed by atoms with Crippen LogP contribution in [0.4, 0.5) is 0 Å². The van der Waals surface area contributed by atoms with Crippen molar-refractivity contribution in [3.05, 3.63) is 34.6 Å². The minimum atomic E-state index is -0.550. The number of methoxy groups -OCH3 is 2. The molecule has 0 aliphatic heterocycles. The molecule has 4 nitrogen and oxygen atoms in total. The van der Waals surface area contributed by atoms with E-state index in [1.807, 2.05) is 13.0 Å². The Hall–Kier alpha value is -1.78. The van der Waals surface area contributed by atoms with Crippen LogP contribution >= 0.6 is 0 Å². The molecule has 21 heavy (non-hydrogen) atoms. The molecule has 0 saturated carbocycles. The Morgan fingerprint density at radius 3 is 2.71 bits per heavy atom. The summed E-state index contributed by atoms with van der Waals surface area (Å²) < 4.78 is 16.6. The summed E-state index contributed by atoms with van der Waals surface area (Å²) in [5.41, 5.74) is 5.02. The number of rotatable bonds is 3. The molecule has 1 aromatic heterocycles. The van der Waals surface area contributed by atoms with Crippen LogP contribution in [0.1, 0.15) is 28.2 Å². The predicted molar refractivity (Wildman–Crippen MR) is 81.9 cm³/mol. The minimum Gasteiger partial charge on any atom is -0.492 e. The van der Waals surface area contributed by atoms with E-state index in [4.69, 9.17) is 13.9 Å². The zero-order valence-electron chi connectivity index (χ0n) is 12.8. The number of aryl methyl sites for hydroxylation is 2. The van der Waals surface area contributed by atoms with Gasteiger partial charge in [0.15, 0.2) is 11.3 Å². The lowest BCUT2D eigenvalue weighted by atomic mass is 9.81. The molecule has 2 aromatic rings. The third-order valence-corrected chi connectivity index (χ3v) is 4.29. The van der Waals surface area contributed by atoms with Crippen molar-refractivity contribution in [3.63, 3.8) is 0 Å². The first-order valence-electron chi connectivity index (χ1n) is 7.03. The van der Waals surface area contributed by atoms with Crippen molar-refractivity contribution in [1.29, 1.82) is 0 Å². The van der Waals surface area contributed by atoms with Crippen LogP contribution < -0.4 is 4.74 Å². The highest BCUT2D eigenvalue weighted by Gasteiger charge is 2.31. The SMILES string of the molecule is COC[C@H]1c2c(c(OC)c3occ(C)c3c2C)C=C[C@H]1O. The molecular formula is C17H20O4. The summed E-state index contributed by atoms with van der Waals surface area (Å²) in [6.07, 6.45) is 4.90. The Kier molecular flexibility index (Phi) is 3.51. The van der Waals surface area contributed by atoms with Gasteiger partial charge in [-0.3, -0.25) is 0 Å². The maximum Gasteiger partial charge on any atom is 0.176 e. The fourth-order valence-electron chi connectivity index (χ4n) is 3.37. The highest BCUT2D eigenvalue weighted by molar-refractivity contribution is 5.95. The summed E-state index contributed by atoms with van der Waals surface area (Å²) in [6, 6.07) is 0. The molecule has 1 aliphatic rings. The van der Waals surface area contributed by atoms with Gasteiger partial charge >= 0.3 is 0 Å². The number of ether oxygens (including phenoxy) is 2. The van der Waals surface area contributed by atoms with Crippen molar-refractivity contribution in [1.82, 2.24) is 0 Å². The Morgan fingerprint density at radius 1 is 1.29 bits per heavy atom. The number of hydrogen-bond acceptors (Lipinski definition) is 4. The van der Waals surface area contributed by atoms with Gasteiger partial charge in [-0.1, -0.05) is 12.2 Å². The molecule has 112 valence electrons. The van der Waals surface area contributed by atoms with Crippen molar-refractivity contribution < 1.29 is 19.0 Å². The van der Waals surface area contributed by atoms with Crippen LogP contribution in [0.3, 0.4) is 0 Å². The van der Waals surface area contributed by atoms with E-state index in [-0.39, 0.29) is 5.92 Å². The molecule has 1 heterocycles. The largest absolute Gasteiger partial charge is 0.492 e. The molecule has 0 amide bonds. The Bertz CT molecular complexity index is 711. The fourth-order valence-corrected chi connectivity index (χ4v) is 3.37. The second kappa shape index (κ2) is 5.20. The molecule has 0 radical (unpaired) electrons. The lowest BCUT2D eigenvalue weighted by Crippen LogP contribution is -2.25. The molecule has 0 unspecified atom stereocenters. The van der Waals surface area contributed by atoms with Gasteiger partial charge in [-0.2, -0.15) is 0 Å². The Labute approximate surface area is 124 Å². The van der Waals surface area contributed by atoms with E-state index in [1.54, 1.807) is 26.6 Å². The standard InChI is InChI=1S/C17H20O4/c1-9-7-21-17-14(9)10(2)15-11(16(17)20-4)5-6-13(18)12(15)8-19-3/h5-7,12-13,18H,8H2,1-4H3/t12-,13-/m1/s1. The van der Waals surface area contributed by atoms with E-state index in [1.165, 1.54) is 0 Å². The summed E-state index contributed by atoms with van der Waals surface area (Å²) in [6.45, 7) is 4.55. The normalized spacial score (nSPS) is 20.8. The first-order valence-corrected chi connectivity index (χ1v) is 7.03. The van der Waals surface area contributed by atoms with Crippen molar-refractivity contribution in [2.24, 2.45) is 0 Å². The summed E-state index contributed by atoms with van der Waals surface area (Å²) >= 11 is 0. The lowest BCUT2D eigenvalue weighted by Gasteiger charge is -2.29. The number of hydrogen-bond donors (Lipinski definition) is 1. The third-order valence-electron chi connectivity index (χ3n) is 4.29. The van der Waals surface area contributed by atoms with Gasteiger partial charge in [-0.15, -0.1) is 0 Å². The van der Waals surface area contributed by atoms with Gasteiger partial charge in [0.05, 0.1) is 26.1 Å². The molecule has 0 bridgehead atoms. The quantitative estimate of drug-likeness (QED) is 0.942. The number of benzene rings is 1. The van der Waals surface area contributed by atoms with Crippen molar-refractivity contribution >= 4 is 17.0 Å². The average Bonchev–Trinajstić information content (AvgIpc) is 2.85. The number of aliphatic hydroxyl groups excluding tert-OH is 1. The van der Waals surface area contributed by atoms with Gasteiger partial charge < -0.3 is 19.0 Å². The summed E-state index contributed by atoms with van der Waals surface area (Å²) in [4.78, 5) is 0. The predicted octanol–water partition coefficient (Wildman–Crippen LogP) is 3.18. The summed E-state index contributed by atoms with van der Waals surface area (Å²) in [7, 11) is 3.30. The number of furan rings is 1. The molecule has 4 heteroatoms.